The number of hydrogen-bond acceptors (Lipinski definition) is 5. The van der Waals surface area contributed by atoms with Gasteiger partial charge in [0.2, 0.25) is 0 Å². The number of aryl methyl sites for hydroxylation is 1. The fourth-order valence-electron chi connectivity index (χ4n) is 3.91. The van der Waals surface area contributed by atoms with E-state index in [9.17, 15) is 4.79 Å². The third-order valence-corrected chi connectivity index (χ3v) is 5.23. The molecule has 1 fully saturated rings. The third kappa shape index (κ3) is 4.72. The van der Waals surface area contributed by atoms with E-state index in [1.807, 2.05) is 36.4 Å². The highest BCUT2D eigenvalue weighted by Gasteiger charge is 2.36. The third-order valence-electron chi connectivity index (χ3n) is 5.23. The minimum absolute atomic E-state index is 0.0440. The van der Waals surface area contributed by atoms with Gasteiger partial charge in [-0.1, -0.05) is 24.1 Å². The lowest BCUT2D eigenvalue weighted by molar-refractivity contribution is 0.0499. The van der Waals surface area contributed by atoms with Crippen molar-refractivity contribution in [3.8, 4) is 11.5 Å². The molecule has 0 unspecified atom stereocenters. The summed E-state index contributed by atoms with van der Waals surface area (Å²) >= 11 is 0. The van der Waals surface area contributed by atoms with Gasteiger partial charge in [-0.05, 0) is 61.6 Å². The van der Waals surface area contributed by atoms with E-state index in [0.29, 0.717) is 11.3 Å². The highest BCUT2D eigenvalue weighted by atomic mass is 16.7. The Labute approximate surface area is 166 Å². The molecule has 0 N–H and O–H groups in total. The molecular formula is C23H28O5. The summed E-state index contributed by atoms with van der Waals surface area (Å²) in [7, 11) is 3.18. The molecule has 0 aromatic heterocycles. The Kier molecular flexibility index (Phi) is 7.06. The van der Waals surface area contributed by atoms with Crippen LogP contribution in [-0.2, 0) is 9.47 Å². The minimum atomic E-state index is -0.0440. The van der Waals surface area contributed by atoms with E-state index >= 15 is 0 Å². The quantitative estimate of drug-likeness (QED) is 0.462. The van der Waals surface area contributed by atoms with Crippen molar-refractivity contribution < 1.29 is 23.7 Å². The van der Waals surface area contributed by atoms with E-state index in [1.165, 1.54) is 0 Å². The molecular weight excluding hydrogens is 356 g/mol. The number of carbonyl (C=O) groups is 1. The molecule has 2 aromatic carbocycles. The van der Waals surface area contributed by atoms with Crippen molar-refractivity contribution in [3.63, 3.8) is 0 Å². The highest BCUT2D eigenvalue weighted by molar-refractivity contribution is 5.98. The van der Waals surface area contributed by atoms with E-state index in [2.05, 4.69) is 13.0 Å². The molecule has 0 radical (unpaired) electrons. The first-order chi connectivity index (χ1) is 13.6. The van der Waals surface area contributed by atoms with Gasteiger partial charge in [-0.15, -0.1) is 0 Å². The van der Waals surface area contributed by atoms with Gasteiger partial charge >= 0.3 is 0 Å². The number of ketones is 1. The van der Waals surface area contributed by atoms with Crippen molar-refractivity contribution in [2.24, 2.45) is 5.92 Å². The summed E-state index contributed by atoms with van der Waals surface area (Å²) in [6.45, 7) is 2.45. The molecule has 0 bridgehead atoms. The van der Waals surface area contributed by atoms with Crippen LogP contribution in [0.5, 0.6) is 11.5 Å². The number of Topliss-reactive ketones (excluding diaryl/α,β-unsaturated/α-hetero) is 1. The van der Waals surface area contributed by atoms with Crippen LogP contribution in [0.1, 0.15) is 46.7 Å². The highest BCUT2D eigenvalue weighted by Crippen LogP contribution is 2.45. The van der Waals surface area contributed by atoms with E-state index in [0.717, 1.165) is 36.1 Å². The van der Waals surface area contributed by atoms with Crippen molar-refractivity contribution in [3.05, 3.63) is 59.2 Å². The number of rotatable bonds is 9. The molecule has 1 saturated carbocycles. The zero-order chi connectivity index (χ0) is 19.9. The Bertz CT molecular complexity index is 784. The summed E-state index contributed by atoms with van der Waals surface area (Å²) in [5.74, 6) is 1.79. The maximum atomic E-state index is 13.2. The molecule has 2 atom stereocenters. The molecule has 0 heterocycles. The van der Waals surface area contributed by atoms with Gasteiger partial charge in [-0.2, -0.15) is 0 Å². The lowest BCUT2D eigenvalue weighted by Gasteiger charge is -2.22. The Morgan fingerprint density at radius 3 is 2.39 bits per heavy atom. The maximum absolute atomic E-state index is 13.2. The molecule has 5 nitrogen and oxygen atoms in total. The Morgan fingerprint density at radius 1 is 0.964 bits per heavy atom. The lowest BCUT2D eigenvalue weighted by Crippen LogP contribution is -2.19. The Balaban J connectivity index is 1.81. The van der Waals surface area contributed by atoms with Gasteiger partial charge in [-0.3, -0.25) is 4.79 Å². The fraction of sp³-hybridized carbons (Fsp3) is 0.435. The predicted molar refractivity (Wildman–Crippen MR) is 107 cm³/mol. The van der Waals surface area contributed by atoms with E-state index in [4.69, 9.17) is 18.9 Å². The molecule has 0 saturated heterocycles. The number of ether oxygens (including phenoxy) is 4. The van der Waals surface area contributed by atoms with Crippen molar-refractivity contribution in [2.75, 3.05) is 27.8 Å². The van der Waals surface area contributed by atoms with E-state index < -0.39 is 0 Å². The summed E-state index contributed by atoms with van der Waals surface area (Å²) in [6, 6.07) is 13.4. The van der Waals surface area contributed by atoms with Crippen LogP contribution in [0.2, 0.25) is 0 Å². The zero-order valence-electron chi connectivity index (χ0n) is 16.8. The SMILES string of the molecule is COCOc1ccc(C(=O)[C@H]2CCC[C@H]2c2cc(C)ccc2OCOC)cc1. The summed E-state index contributed by atoms with van der Waals surface area (Å²) < 4.78 is 21.2. The largest absolute Gasteiger partial charge is 0.468 e. The molecule has 3 rings (SSSR count). The van der Waals surface area contributed by atoms with Gasteiger partial charge in [0.1, 0.15) is 11.5 Å². The second-order valence-electron chi connectivity index (χ2n) is 7.18. The van der Waals surface area contributed by atoms with E-state index in [1.54, 1.807) is 14.2 Å². The Morgan fingerprint density at radius 2 is 1.68 bits per heavy atom. The second kappa shape index (κ2) is 9.71. The number of hydrogen-bond donors (Lipinski definition) is 0. The van der Waals surface area contributed by atoms with Gasteiger partial charge in [0.15, 0.2) is 19.4 Å². The average molecular weight is 384 g/mol. The van der Waals surface area contributed by atoms with Crippen molar-refractivity contribution >= 4 is 5.78 Å². The maximum Gasteiger partial charge on any atom is 0.188 e. The summed E-state index contributed by atoms with van der Waals surface area (Å²) in [6.07, 6.45) is 2.91. The first kappa shape index (κ1) is 20.4. The summed E-state index contributed by atoms with van der Waals surface area (Å²) in [5, 5.41) is 0. The standard InChI is InChI=1S/C23H28O5/c1-16-7-12-22(28-15-26-3)21(13-16)19-5-4-6-20(19)23(24)17-8-10-18(11-9-17)27-14-25-2/h7-13,19-20H,4-6,14-15H2,1-3H3/t19-,20+/m1/s1. The molecule has 150 valence electrons. The summed E-state index contributed by atoms with van der Waals surface area (Å²) in [4.78, 5) is 13.2. The van der Waals surface area contributed by atoms with Crippen LogP contribution in [0.25, 0.3) is 0 Å². The molecule has 28 heavy (non-hydrogen) atoms. The van der Waals surface area contributed by atoms with Crippen LogP contribution in [0.3, 0.4) is 0 Å². The van der Waals surface area contributed by atoms with Crippen LogP contribution in [0, 0.1) is 12.8 Å². The van der Waals surface area contributed by atoms with Crippen LogP contribution in [-0.4, -0.2) is 33.6 Å². The predicted octanol–water partition coefficient (Wildman–Crippen LogP) is 4.73. The Hall–Kier alpha value is -2.37. The normalized spacial score (nSPS) is 18.8. The van der Waals surface area contributed by atoms with Gasteiger partial charge in [0.05, 0.1) is 0 Å². The molecule has 1 aliphatic carbocycles. The van der Waals surface area contributed by atoms with E-state index in [-0.39, 0.29) is 31.2 Å². The first-order valence-electron chi connectivity index (χ1n) is 9.62. The van der Waals surface area contributed by atoms with Gasteiger partial charge in [-0.25, -0.2) is 0 Å². The number of carbonyl (C=O) groups excluding carboxylic acids is 1. The molecule has 2 aromatic rings. The summed E-state index contributed by atoms with van der Waals surface area (Å²) in [5.41, 5.74) is 2.99. The van der Waals surface area contributed by atoms with Crippen LogP contribution < -0.4 is 9.47 Å². The van der Waals surface area contributed by atoms with Gasteiger partial charge in [0.25, 0.3) is 0 Å². The zero-order valence-corrected chi connectivity index (χ0v) is 16.8. The lowest BCUT2D eigenvalue weighted by atomic mass is 9.83. The average Bonchev–Trinajstić information content (AvgIpc) is 3.21. The first-order valence-corrected chi connectivity index (χ1v) is 9.62. The monoisotopic (exact) mass is 384 g/mol. The van der Waals surface area contributed by atoms with Crippen molar-refractivity contribution in [1.82, 2.24) is 0 Å². The molecule has 1 aliphatic rings. The van der Waals surface area contributed by atoms with Gasteiger partial charge < -0.3 is 18.9 Å². The van der Waals surface area contributed by atoms with Crippen molar-refractivity contribution in [2.45, 2.75) is 32.1 Å². The molecule has 0 amide bonds. The smallest absolute Gasteiger partial charge is 0.188 e. The molecule has 0 aliphatic heterocycles. The van der Waals surface area contributed by atoms with Crippen LogP contribution in [0.15, 0.2) is 42.5 Å². The van der Waals surface area contributed by atoms with Crippen LogP contribution in [0.4, 0.5) is 0 Å². The van der Waals surface area contributed by atoms with Crippen molar-refractivity contribution in [1.29, 1.82) is 0 Å². The number of benzene rings is 2. The molecule has 5 heteroatoms. The topological polar surface area (TPSA) is 54.0 Å². The molecule has 0 spiro atoms. The minimum Gasteiger partial charge on any atom is -0.468 e. The fourth-order valence-corrected chi connectivity index (χ4v) is 3.91. The second-order valence-corrected chi connectivity index (χ2v) is 7.18. The van der Waals surface area contributed by atoms with Gasteiger partial charge in [0, 0.05) is 25.7 Å². The number of methoxy groups -OCH3 is 2. The van der Waals surface area contributed by atoms with Crippen LogP contribution >= 0.6 is 0 Å².